The molecule has 0 fully saturated rings. The molecule has 0 aliphatic heterocycles. The van der Waals surface area contributed by atoms with Gasteiger partial charge in [-0.15, -0.1) is 0 Å². The Kier molecular flexibility index (Phi) is 5.05. The molecule has 0 unspecified atom stereocenters. The molecule has 3 nitrogen and oxygen atoms in total. The minimum absolute atomic E-state index is 0.210. The van der Waals surface area contributed by atoms with Gasteiger partial charge in [0.15, 0.2) is 6.79 Å². The van der Waals surface area contributed by atoms with Crippen molar-refractivity contribution in [2.45, 2.75) is 0 Å². The van der Waals surface area contributed by atoms with Crippen molar-refractivity contribution in [2.75, 3.05) is 21.0 Å². The van der Waals surface area contributed by atoms with E-state index in [1.54, 1.807) is 14.2 Å². The van der Waals surface area contributed by atoms with Gasteiger partial charge in [0, 0.05) is 12.7 Å². The molecule has 0 saturated heterocycles. The van der Waals surface area contributed by atoms with E-state index in [1.165, 1.54) is 0 Å². The van der Waals surface area contributed by atoms with Crippen LogP contribution >= 0.6 is 0 Å². The summed E-state index contributed by atoms with van der Waals surface area (Å²) in [5.41, 5.74) is 1.76. The van der Waals surface area contributed by atoms with E-state index in [4.69, 9.17) is 14.2 Å². The van der Waals surface area contributed by atoms with Crippen molar-refractivity contribution in [3.05, 3.63) is 59.7 Å². The van der Waals surface area contributed by atoms with Gasteiger partial charge < -0.3 is 14.2 Å². The molecule has 102 valence electrons. The average molecular weight is 268 g/mol. The monoisotopic (exact) mass is 268 g/mol. The molecule has 0 aliphatic rings. The normalized spacial score (nSPS) is 9.50. The van der Waals surface area contributed by atoms with E-state index in [-0.39, 0.29) is 6.79 Å². The van der Waals surface area contributed by atoms with Crippen LogP contribution in [0.1, 0.15) is 11.1 Å². The predicted molar refractivity (Wildman–Crippen MR) is 77.9 cm³/mol. The van der Waals surface area contributed by atoms with E-state index in [2.05, 4.69) is 11.8 Å². The van der Waals surface area contributed by atoms with Crippen LogP contribution in [0.25, 0.3) is 0 Å². The fraction of sp³-hybridized carbons (Fsp3) is 0.176. The van der Waals surface area contributed by atoms with Gasteiger partial charge in [0.2, 0.25) is 0 Å². The van der Waals surface area contributed by atoms with E-state index in [0.29, 0.717) is 0 Å². The summed E-state index contributed by atoms with van der Waals surface area (Å²) in [6, 6.07) is 15.2. The van der Waals surface area contributed by atoms with Crippen LogP contribution in [0, 0.1) is 11.8 Å². The third kappa shape index (κ3) is 3.78. The maximum absolute atomic E-state index is 5.47. The second kappa shape index (κ2) is 7.22. The van der Waals surface area contributed by atoms with Gasteiger partial charge in [-0.05, 0) is 36.4 Å². The van der Waals surface area contributed by atoms with Crippen LogP contribution in [-0.4, -0.2) is 21.0 Å². The topological polar surface area (TPSA) is 27.7 Å². The Labute approximate surface area is 119 Å². The van der Waals surface area contributed by atoms with Gasteiger partial charge in [-0.3, -0.25) is 0 Å². The smallest absolute Gasteiger partial charge is 0.188 e. The van der Waals surface area contributed by atoms with Gasteiger partial charge >= 0.3 is 0 Å². The molecule has 0 heterocycles. The summed E-state index contributed by atoms with van der Waals surface area (Å²) >= 11 is 0. The van der Waals surface area contributed by atoms with Crippen molar-refractivity contribution in [2.24, 2.45) is 0 Å². The molecule has 20 heavy (non-hydrogen) atoms. The first-order valence-corrected chi connectivity index (χ1v) is 6.20. The molecule has 2 aromatic rings. The molecule has 2 aromatic carbocycles. The molecule has 0 amide bonds. The minimum Gasteiger partial charge on any atom is -0.497 e. The minimum atomic E-state index is 0.210. The van der Waals surface area contributed by atoms with Crippen molar-refractivity contribution in [3.63, 3.8) is 0 Å². The Bertz CT molecular complexity index is 606. The van der Waals surface area contributed by atoms with Crippen LogP contribution in [0.2, 0.25) is 0 Å². The average Bonchev–Trinajstić information content (AvgIpc) is 2.52. The summed E-state index contributed by atoms with van der Waals surface area (Å²) in [5.74, 6) is 7.74. The molecule has 0 N–H and O–H groups in total. The highest BCUT2D eigenvalue weighted by Gasteiger charge is 1.99. The number of para-hydroxylation sites is 1. The predicted octanol–water partition coefficient (Wildman–Crippen LogP) is 3.08. The molecule has 0 aromatic heterocycles. The molecule has 0 radical (unpaired) electrons. The maximum Gasteiger partial charge on any atom is 0.188 e. The molecular weight excluding hydrogens is 252 g/mol. The Morgan fingerprint density at radius 1 is 0.900 bits per heavy atom. The molecular formula is C17H16O3. The van der Waals surface area contributed by atoms with Crippen LogP contribution in [0.3, 0.4) is 0 Å². The zero-order valence-corrected chi connectivity index (χ0v) is 11.6. The van der Waals surface area contributed by atoms with Crippen molar-refractivity contribution < 1.29 is 14.2 Å². The summed E-state index contributed by atoms with van der Waals surface area (Å²) in [5, 5.41) is 0. The zero-order chi connectivity index (χ0) is 14.2. The van der Waals surface area contributed by atoms with E-state index in [9.17, 15) is 0 Å². The third-order valence-corrected chi connectivity index (χ3v) is 2.65. The highest BCUT2D eigenvalue weighted by molar-refractivity contribution is 5.50. The van der Waals surface area contributed by atoms with Crippen molar-refractivity contribution in [3.8, 4) is 23.3 Å². The summed E-state index contributed by atoms with van der Waals surface area (Å²) < 4.78 is 15.5. The Balaban J connectivity index is 2.18. The van der Waals surface area contributed by atoms with Crippen LogP contribution < -0.4 is 9.47 Å². The number of hydrogen-bond donors (Lipinski definition) is 0. The first kappa shape index (κ1) is 14.0. The Morgan fingerprint density at radius 2 is 1.65 bits per heavy atom. The lowest BCUT2D eigenvalue weighted by Crippen LogP contribution is -2.00. The zero-order valence-electron chi connectivity index (χ0n) is 11.6. The second-order valence-electron chi connectivity index (χ2n) is 4.03. The summed E-state index contributed by atoms with van der Waals surface area (Å²) in [4.78, 5) is 0. The molecule has 0 spiro atoms. The van der Waals surface area contributed by atoms with E-state index in [1.807, 2.05) is 48.5 Å². The van der Waals surface area contributed by atoms with E-state index >= 15 is 0 Å². The first-order valence-electron chi connectivity index (χ1n) is 6.20. The highest BCUT2D eigenvalue weighted by Crippen LogP contribution is 2.17. The largest absolute Gasteiger partial charge is 0.497 e. The SMILES string of the molecule is COCOc1ccccc1C#Cc1ccc(OC)cc1. The maximum atomic E-state index is 5.47. The fourth-order valence-corrected chi connectivity index (χ4v) is 1.63. The number of benzene rings is 2. The standard InChI is InChI=1S/C17H16O3/c1-18-13-20-17-6-4-3-5-15(17)10-7-14-8-11-16(19-2)12-9-14/h3-6,8-9,11-12H,13H2,1-2H3. The van der Waals surface area contributed by atoms with Gasteiger partial charge in [0.05, 0.1) is 12.7 Å². The van der Waals surface area contributed by atoms with Crippen molar-refractivity contribution >= 4 is 0 Å². The van der Waals surface area contributed by atoms with Crippen molar-refractivity contribution in [1.29, 1.82) is 0 Å². The van der Waals surface area contributed by atoms with Gasteiger partial charge in [0.25, 0.3) is 0 Å². The van der Waals surface area contributed by atoms with Crippen LogP contribution in [0.4, 0.5) is 0 Å². The number of hydrogen-bond acceptors (Lipinski definition) is 3. The third-order valence-electron chi connectivity index (χ3n) is 2.65. The van der Waals surface area contributed by atoms with Crippen LogP contribution in [0.5, 0.6) is 11.5 Å². The molecule has 0 atom stereocenters. The highest BCUT2D eigenvalue weighted by atomic mass is 16.7. The fourth-order valence-electron chi connectivity index (χ4n) is 1.63. The second-order valence-corrected chi connectivity index (χ2v) is 4.03. The number of rotatable bonds is 4. The number of ether oxygens (including phenoxy) is 3. The van der Waals surface area contributed by atoms with Gasteiger partial charge in [0.1, 0.15) is 11.5 Å². The quantitative estimate of drug-likeness (QED) is 0.630. The summed E-state index contributed by atoms with van der Waals surface area (Å²) in [6.07, 6.45) is 0. The van der Waals surface area contributed by atoms with Gasteiger partial charge in [-0.25, -0.2) is 0 Å². The first-order chi connectivity index (χ1) is 9.83. The summed E-state index contributed by atoms with van der Waals surface area (Å²) in [6.45, 7) is 0.210. The lowest BCUT2D eigenvalue weighted by atomic mass is 10.1. The van der Waals surface area contributed by atoms with Crippen LogP contribution in [0.15, 0.2) is 48.5 Å². The van der Waals surface area contributed by atoms with Crippen molar-refractivity contribution in [1.82, 2.24) is 0 Å². The molecule has 0 bridgehead atoms. The molecule has 2 rings (SSSR count). The van der Waals surface area contributed by atoms with Gasteiger partial charge in [-0.2, -0.15) is 0 Å². The number of methoxy groups -OCH3 is 2. The molecule has 0 aliphatic carbocycles. The lowest BCUT2D eigenvalue weighted by Gasteiger charge is -2.06. The lowest BCUT2D eigenvalue weighted by molar-refractivity contribution is 0.0509. The Morgan fingerprint density at radius 3 is 2.35 bits per heavy atom. The van der Waals surface area contributed by atoms with E-state index < -0.39 is 0 Å². The molecule has 0 saturated carbocycles. The van der Waals surface area contributed by atoms with Gasteiger partial charge in [-0.1, -0.05) is 24.0 Å². The Hall–Kier alpha value is -2.44. The van der Waals surface area contributed by atoms with E-state index in [0.717, 1.165) is 22.6 Å². The van der Waals surface area contributed by atoms with Crippen LogP contribution in [-0.2, 0) is 4.74 Å². The summed E-state index contributed by atoms with van der Waals surface area (Å²) in [7, 11) is 3.23. The molecule has 3 heteroatoms.